The molecule has 0 spiro atoms. The molecule has 2 aromatic rings. The largest absolute Gasteiger partial charge is 0.346 e. The number of pyridine rings is 1. The number of rotatable bonds is 4. The molecule has 0 aliphatic heterocycles. The average Bonchev–Trinajstić information content (AvgIpc) is 2.89. The number of amides is 1. The number of aromatic nitrogens is 4. The third-order valence-corrected chi connectivity index (χ3v) is 2.73. The van der Waals surface area contributed by atoms with Gasteiger partial charge < -0.3 is 5.32 Å². The van der Waals surface area contributed by atoms with Crippen LogP contribution in [0, 0.1) is 5.92 Å². The van der Waals surface area contributed by atoms with Gasteiger partial charge in [0.05, 0.1) is 6.04 Å². The summed E-state index contributed by atoms with van der Waals surface area (Å²) >= 11 is 0. The summed E-state index contributed by atoms with van der Waals surface area (Å²) in [4.78, 5) is 20.0. The van der Waals surface area contributed by atoms with Crippen molar-refractivity contribution in [1.29, 1.82) is 0 Å². The fourth-order valence-corrected chi connectivity index (χ4v) is 1.55. The van der Waals surface area contributed by atoms with Crippen LogP contribution in [0.15, 0.2) is 24.5 Å². The van der Waals surface area contributed by atoms with Gasteiger partial charge in [-0.25, -0.2) is 4.98 Å². The number of nitrogens with one attached hydrogen (secondary N) is 2. The van der Waals surface area contributed by atoms with Gasteiger partial charge in [0.2, 0.25) is 5.91 Å². The van der Waals surface area contributed by atoms with Crippen molar-refractivity contribution in [2.75, 3.05) is 0 Å². The van der Waals surface area contributed by atoms with Crippen molar-refractivity contribution in [3.05, 3.63) is 30.4 Å². The molecule has 1 amide bonds. The van der Waals surface area contributed by atoms with Crippen LogP contribution in [0.2, 0.25) is 0 Å². The molecule has 1 atom stereocenters. The standard InChI is InChI=1S/C13H17N5O/c1-8(2)13(19)15-9(3)11-16-12(18-17-11)10-4-6-14-7-5-10/h4-9H,1-3H3,(H,15,19)(H,16,17,18)/t9-/m0/s1. The summed E-state index contributed by atoms with van der Waals surface area (Å²) in [5, 5.41) is 9.87. The molecular weight excluding hydrogens is 242 g/mol. The minimum Gasteiger partial charge on any atom is -0.346 e. The van der Waals surface area contributed by atoms with Gasteiger partial charge in [0.25, 0.3) is 0 Å². The third-order valence-electron chi connectivity index (χ3n) is 2.73. The lowest BCUT2D eigenvalue weighted by molar-refractivity contribution is -0.124. The van der Waals surface area contributed by atoms with Crippen LogP contribution in [0.4, 0.5) is 0 Å². The molecule has 0 aliphatic carbocycles. The summed E-state index contributed by atoms with van der Waals surface area (Å²) in [6.45, 7) is 5.58. The molecule has 100 valence electrons. The number of H-pyrrole nitrogens is 1. The monoisotopic (exact) mass is 259 g/mol. The quantitative estimate of drug-likeness (QED) is 0.875. The summed E-state index contributed by atoms with van der Waals surface area (Å²) in [6, 6.07) is 3.48. The van der Waals surface area contributed by atoms with E-state index in [1.807, 2.05) is 32.9 Å². The van der Waals surface area contributed by atoms with Crippen LogP contribution in [0.5, 0.6) is 0 Å². The molecular formula is C13H17N5O. The summed E-state index contributed by atoms with van der Waals surface area (Å²) in [5.41, 5.74) is 0.889. The minimum absolute atomic E-state index is 0.00522. The van der Waals surface area contributed by atoms with Crippen LogP contribution in [0.3, 0.4) is 0 Å². The molecule has 6 heteroatoms. The molecule has 0 bridgehead atoms. The molecule has 2 aromatic heterocycles. The number of carbonyl (C=O) groups excluding carboxylic acids is 1. The molecule has 0 aromatic carbocycles. The van der Waals surface area contributed by atoms with Crippen LogP contribution in [-0.2, 0) is 4.79 Å². The van der Waals surface area contributed by atoms with E-state index in [1.54, 1.807) is 12.4 Å². The Labute approximate surface area is 111 Å². The lowest BCUT2D eigenvalue weighted by atomic mass is 10.2. The number of aromatic amines is 1. The third kappa shape index (κ3) is 3.15. The van der Waals surface area contributed by atoms with Gasteiger partial charge in [0.1, 0.15) is 5.82 Å². The van der Waals surface area contributed by atoms with Gasteiger partial charge >= 0.3 is 0 Å². The highest BCUT2D eigenvalue weighted by Gasteiger charge is 2.16. The fraction of sp³-hybridized carbons (Fsp3) is 0.385. The Morgan fingerprint density at radius 2 is 1.95 bits per heavy atom. The van der Waals surface area contributed by atoms with Crippen LogP contribution < -0.4 is 5.32 Å². The molecule has 0 aliphatic rings. The predicted octanol–water partition coefficient (Wildman–Crippen LogP) is 1.70. The van der Waals surface area contributed by atoms with Crippen LogP contribution >= 0.6 is 0 Å². The molecule has 19 heavy (non-hydrogen) atoms. The van der Waals surface area contributed by atoms with E-state index in [1.165, 1.54) is 0 Å². The van der Waals surface area contributed by atoms with Gasteiger partial charge in [0, 0.05) is 23.9 Å². The fourth-order valence-electron chi connectivity index (χ4n) is 1.55. The highest BCUT2D eigenvalue weighted by Crippen LogP contribution is 2.15. The predicted molar refractivity (Wildman–Crippen MR) is 71.0 cm³/mol. The van der Waals surface area contributed by atoms with Crippen molar-refractivity contribution in [3.8, 4) is 11.4 Å². The highest BCUT2D eigenvalue weighted by molar-refractivity contribution is 5.78. The molecule has 0 radical (unpaired) electrons. The number of nitrogens with zero attached hydrogens (tertiary/aromatic N) is 3. The zero-order valence-electron chi connectivity index (χ0n) is 11.2. The first-order valence-corrected chi connectivity index (χ1v) is 6.21. The maximum absolute atomic E-state index is 11.6. The Kier molecular flexibility index (Phi) is 3.89. The number of hydrogen-bond donors (Lipinski definition) is 2. The maximum Gasteiger partial charge on any atom is 0.223 e. The van der Waals surface area contributed by atoms with Crippen molar-refractivity contribution >= 4 is 5.91 Å². The van der Waals surface area contributed by atoms with Crippen LogP contribution in [-0.4, -0.2) is 26.1 Å². The summed E-state index contributed by atoms with van der Waals surface area (Å²) in [6.07, 6.45) is 3.38. The first-order valence-electron chi connectivity index (χ1n) is 6.21. The summed E-state index contributed by atoms with van der Waals surface area (Å²) < 4.78 is 0. The molecule has 2 heterocycles. The van der Waals surface area contributed by atoms with Crippen molar-refractivity contribution in [2.24, 2.45) is 5.92 Å². The zero-order chi connectivity index (χ0) is 13.8. The normalized spacial score (nSPS) is 12.4. The van der Waals surface area contributed by atoms with E-state index >= 15 is 0 Å². The second-order valence-electron chi connectivity index (χ2n) is 4.67. The number of hydrogen-bond acceptors (Lipinski definition) is 4. The van der Waals surface area contributed by atoms with E-state index in [0.717, 1.165) is 5.56 Å². The van der Waals surface area contributed by atoms with E-state index < -0.39 is 0 Å². The average molecular weight is 259 g/mol. The van der Waals surface area contributed by atoms with Crippen LogP contribution in [0.25, 0.3) is 11.4 Å². The molecule has 0 unspecified atom stereocenters. The van der Waals surface area contributed by atoms with Gasteiger partial charge in [-0.1, -0.05) is 13.8 Å². The Hall–Kier alpha value is -2.24. The summed E-state index contributed by atoms with van der Waals surface area (Å²) in [5.74, 6) is 1.18. The van der Waals surface area contributed by atoms with E-state index in [2.05, 4.69) is 25.5 Å². The second-order valence-corrected chi connectivity index (χ2v) is 4.67. The Bertz CT molecular complexity index is 549. The smallest absolute Gasteiger partial charge is 0.223 e. The minimum atomic E-state index is -0.196. The molecule has 0 saturated carbocycles. The van der Waals surface area contributed by atoms with E-state index in [9.17, 15) is 4.79 Å². The molecule has 0 fully saturated rings. The van der Waals surface area contributed by atoms with Gasteiger partial charge in [-0.15, -0.1) is 0 Å². The molecule has 0 saturated heterocycles. The molecule has 2 N–H and O–H groups in total. The summed E-state index contributed by atoms with van der Waals surface area (Å²) in [7, 11) is 0. The first-order chi connectivity index (χ1) is 9.08. The lowest BCUT2D eigenvalue weighted by Gasteiger charge is -2.12. The molecule has 2 rings (SSSR count). The van der Waals surface area contributed by atoms with Crippen molar-refractivity contribution in [3.63, 3.8) is 0 Å². The number of carbonyl (C=O) groups is 1. The van der Waals surface area contributed by atoms with Gasteiger partial charge in [-0.05, 0) is 19.1 Å². The highest BCUT2D eigenvalue weighted by atomic mass is 16.1. The SMILES string of the molecule is CC(C)C(=O)N[C@@H](C)c1nc(-c2ccncc2)n[nH]1. The zero-order valence-corrected chi connectivity index (χ0v) is 11.2. The van der Waals surface area contributed by atoms with Gasteiger partial charge in [-0.3, -0.25) is 14.9 Å². The van der Waals surface area contributed by atoms with Gasteiger partial charge in [-0.2, -0.15) is 5.10 Å². The Morgan fingerprint density at radius 3 is 2.58 bits per heavy atom. The van der Waals surface area contributed by atoms with Crippen molar-refractivity contribution in [1.82, 2.24) is 25.5 Å². The molecule has 6 nitrogen and oxygen atoms in total. The van der Waals surface area contributed by atoms with Crippen molar-refractivity contribution < 1.29 is 4.79 Å². The Morgan fingerprint density at radius 1 is 1.26 bits per heavy atom. The lowest BCUT2D eigenvalue weighted by Crippen LogP contribution is -2.30. The topological polar surface area (TPSA) is 83.6 Å². The van der Waals surface area contributed by atoms with E-state index in [-0.39, 0.29) is 17.9 Å². The Balaban J connectivity index is 2.11. The maximum atomic E-state index is 11.6. The van der Waals surface area contributed by atoms with Gasteiger partial charge in [0.15, 0.2) is 5.82 Å². The first kappa shape index (κ1) is 13.2. The second kappa shape index (κ2) is 5.60. The van der Waals surface area contributed by atoms with Crippen molar-refractivity contribution in [2.45, 2.75) is 26.8 Å². The van der Waals surface area contributed by atoms with E-state index in [0.29, 0.717) is 11.6 Å². The van der Waals surface area contributed by atoms with Crippen LogP contribution in [0.1, 0.15) is 32.6 Å². The van der Waals surface area contributed by atoms with E-state index in [4.69, 9.17) is 0 Å².